The lowest BCUT2D eigenvalue weighted by Gasteiger charge is -2.32. The number of aromatic nitrogens is 4. The lowest BCUT2D eigenvalue weighted by molar-refractivity contribution is 0.0699. The number of aromatic amines is 1. The minimum atomic E-state index is 0.0169. The van der Waals surface area contributed by atoms with Crippen LogP contribution in [0.3, 0.4) is 0 Å². The Morgan fingerprint density at radius 3 is 2.81 bits per heavy atom. The number of amides is 1. The van der Waals surface area contributed by atoms with Crippen molar-refractivity contribution >= 4 is 5.91 Å². The van der Waals surface area contributed by atoms with E-state index in [1.54, 1.807) is 4.68 Å². The topological polar surface area (TPSA) is 66.8 Å². The molecule has 6 nitrogen and oxygen atoms in total. The summed E-state index contributed by atoms with van der Waals surface area (Å²) < 4.78 is 1.79. The van der Waals surface area contributed by atoms with Gasteiger partial charge in [-0.3, -0.25) is 14.6 Å². The van der Waals surface area contributed by atoms with Crippen molar-refractivity contribution in [1.82, 2.24) is 24.9 Å². The van der Waals surface area contributed by atoms with Gasteiger partial charge in [-0.15, -0.1) is 0 Å². The molecule has 0 saturated carbocycles. The predicted molar refractivity (Wildman–Crippen MR) is 105 cm³/mol. The van der Waals surface area contributed by atoms with Crippen molar-refractivity contribution in [3.8, 4) is 11.1 Å². The number of carbonyl (C=O) groups is 1. The molecule has 0 radical (unpaired) electrons. The first-order valence-corrected chi connectivity index (χ1v) is 9.58. The molecule has 27 heavy (non-hydrogen) atoms. The Balaban J connectivity index is 1.54. The third-order valence-corrected chi connectivity index (χ3v) is 5.33. The summed E-state index contributed by atoms with van der Waals surface area (Å²) in [7, 11) is 0. The summed E-state index contributed by atoms with van der Waals surface area (Å²) in [6.45, 7) is 6.35. The van der Waals surface area contributed by atoms with E-state index in [1.807, 2.05) is 30.3 Å². The van der Waals surface area contributed by atoms with Crippen molar-refractivity contribution in [3.05, 3.63) is 59.7 Å². The smallest absolute Gasteiger partial charge is 0.274 e. The molecule has 1 amide bonds. The van der Waals surface area contributed by atoms with E-state index in [0.717, 1.165) is 42.8 Å². The molecule has 3 aromatic rings. The van der Waals surface area contributed by atoms with Crippen LogP contribution in [-0.4, -0.2) is 43.9 Å². The molecule has 1 unspecified atom stereocenters. The lowest BCUT2D eigenvalue weighted by atomic mass is 9.90. The first kappa shape index (κ1) is 17.5. The maximum atomic E-state index is 12.9. The van der Waals surface area contributed by atoms with Gasteiger partial charge in [0.05, 0.1) is 6.20 Å². The van der Waals surface area contributed by atoms with Gasteiger partial charge >= 0.3 is 0 Å². The summed E-state index contributed by atoms with van der Waals surface area (Å²) in [5, 5.41) is 11.9. The number of piperidine rings is 1. The van der Waals surface area contributed by atoms with Gasteiger partial charge in [-0.05, 0) is 38.3 Å². The molecule has 2 aromatic heterocycles. The predicted octanol–water partition coefficient (Wildman–Crippen LogP) is 3.62. The zero-order valence-corrected chi connectivity index (χ0v) is 15.9. The number of benzene rings is 1. The third kappa shape index (κ3) is 3.52. The zero-order chi connectivity index (χ0) is 18.8. The van der Waals surface area contributed by atoms with E-state index in [1.165, 1.54) is 5.56 Å². The molecule has 3 heterocycles. The van der Waals surface area contributed by atoms with Gasteiger partial charge in [0.25, 0.3) is 5.91 Å². The number of likely N-dealkylation sites (tertiary alicyclic amines) is 1. The molecular weight excluding hydrogens is 338 g/mol. The van der Waals surface area contributed by atoms with E-state index >= 15 is 0 Å². The van der Waals surface area contributed by atoms with Gasteiger partial charge in [0, 0.05) is 43.0 Å². The molecule has 6 heteroatoms. The third-order valence-electron chi connectivity index (χ3n) is 5.33. The van der Waals surface area contributed by atoms with Crippen molar-refractivity contribution in [1.29, 1.82) is 0 Å². The number of hydrogen-bond acceptors (Lipinski definition) is 3. The Hall–Kier alpha value is -2.89. The zero-order valence-electron chi connectivity index (χ0n) is 15.9. The van der Waals surface area contributed by atoms with Crippen LogP contribution in [0.2, 0.25) is 0 Å². The van der Waals surface area contributed by atoms with Crippen LogP contribution in [0, 0.1) is 6.92 Å². The second-order valence-corrected chi connectivity index (χ2v) is 7.21. The summed E-state index contributed by atoms with van der Waals surface area (Å²) in [5.74, 6) is 0.276. The molecule has 1 fully saturated rings. The second-order valence-electron chi connectivity index (χ2n) is 7.21. The van der Waals surface area contributed by atoms with Crippen LogP contribution in [0.5, 0.6) is 0 Å². The monoisotopic (exact) mass is 363 g/mol. The SMILES string of the molecule is CCn1ccc(C(=O)N2CCCC(c3[nH]ncc3-c3ccc(C)cc3)C2)n1. The van der Waals surface area contributed by atoms with Crippen LogP contribution in [0.15, 0.2) is 42.7 Å². The summed E-state index contributed by atoms with van der Waals surface area (Å²) in [6.07, 6.45) is 5.79. The maximum absolute atomic E-state index is 12.9. The fourth-order valence-electron chi connectivity index (χ4n) is 3.78. The Labute approximate surface area is 159 Å². The molecule has 140 valence electrons. The van der Waals surface area contributed by atoms with Crippen LogP contribution in [-0.2, 0) is 6.54 Å². The average Bonchev–Trinajstić information content (AvgIpc) is 3.38. The molecule has 1 aliphatic heterocycles. The van der Waals surface area contributed by atoms with Gasteiger partial charge in [0.1, 0.15) is 5.69 Å². The number of aryl methyl sites for hydroxylation is 2. The lowest BCUT2D eigenvalue weighted by Crippen LogP contribution is -2.39. The van der Waals surface area contributed by atoms with Gasteiger partial charge in [-0.2, -0.15) is 10.2 Å². The molecule has 1 aliphatic rings. The Morgan fingerprint density at radius 2 is 2.07 bits per heavy atom. The van der Waals surface area contributed by atoms with Crippen molar-refractivity contribution in [2.75, 3.05) is 13.1 Å². The van der Waals surface area contributed by atoms with Crippen LogP contribution in [0.4, 0.5) is 0 Å². The first-order chi connectivity index (χ1) is 13.2. The fraction of sp³-hybridized carbons (Fsp3) is 0.381. The van der Waals surface area contributed by atoms with Crippen molar-refractivity contribution in [2.24, 2.45) is 0 Å². The van der Waals surface area contributed by atoms with E-state index in [0.29, 0.717) is 12.2 Å². The fourth-order valence-corrected chi connectivity index (χ4v) is 3.78. The van der Waals surface area contributed by atoms with Crippen LogP contribution >= 0.6 is 0 Å². The molecule has 4 rings (SSSR count). The van der Waals surface area contributed by atoms with Gasteiger partial charge in [0.2, 0.25) is 0 Å². The highest BCUT2D eigenvalue weighted by molar-refractivity contribution is 5.92. The number of H-pyrrole nitrogens is 1. The number of hydrogen-bond donors (Lipinski definition) is 1. The van der Waals surface area contributed by atoms with E-state index in [2.05, 4.69) is 46.5 Å². The van der Waals surface area contributed by atoms with E-state index in [4.69, 9.17) is 0 Å². The average molecular weight is 363 g/mol. The minimum Gasteiger partial charge on any atom is -0.337 e. The number of nitrogens with zero attached hydrogens (tertiary/aromatic N) is 4. The molecule has 1 saturated heterocycles. The van der Waals surface area contributed by atoms with E-state index in [-0.39, 0.29) is 11.8 Å². The van der Waals surface area contributed by atoms with Gasteiger partial charge in [-0.25, -0.2) is 0 Å². The Morgan fingerprint density at radius 1 is 1.26 bits per heavy atom. The van der Waals surface area contributed by atoms with Crippen LogP contribution in [0.1, 0.15) is 47.4 Å². The molecule has 0 spiro atoms. The van der Waals surface area contributed by atoms with Crippen molar-refractivity contribution in [2.45, 2.75) is 39.2 Å². The summed E-state index contributed by atoms with van der Waals surface area (Å²) in [4.78, 5) is 14.8. The minimum absolute atomic E-state index is 0.0169. The van der Waals surface area contributed by atoms with Crippen LogP contribution < -0.4 is 0 Å². The van der Waals surface area contributed by atoms with Gasteiger partial charge in [-0.1, -0.05) is 29.8 Å². The van der Waals surface area contributed by atoms with Crippen molar-refractivity contribution in [3.63, 3.8) is 0 Å². The molecule has 1 aromatic carbocycles. The van der Waals surface area contributed by atoms with Gasteiger partial charge in [0.15, 0.2) is 0 Å². The summed E-state index contributed by atoms with van der Waals surface area (Å²) >= 11 is 0. The molecule has 0 aliphatic carbocycles. The second kappa shape index (κ2) is 7.39. The highest BCUT2D eigenvalue weighted by Crippen LogP contribution is 2.33. The quantitative estimate of drug-likeness (QED) is 0.770. The molecular formula is C21H25N5O. The van der Waals surface area contributed by atoms with Crippen molar-refractivity contribution < 1.29 is 4.79 Å². The molecule has 1 atom stereocenters. The normalized spacial score (nSPS) is 17.3. The highest BCUT2D eigenvalue weighted by atomic mass is 16.2. The Kier molecular flexibility index (Phi) is 4.79. The highest BCUT2D eigenvalue weighted by Gasteiger charge is 2.29. The van der Waals surface area contributed by atoms with Gasteiger partial charge < -0.3 is 4.90 Å². The van der Waals surface area contributed by atoms with Crippen LogP contribution in [0.25, 0.3) is 11.1 Å². The standard InChI is InChI=1S/C21H25N5O/c1-3-26-12-10-19(24-26)21(27)25-11-4-5-17(14-25)20-18(13-22-23-20)16-8-6-15(2)7-9-16/h6-10,12-13,17H,3-5,11,14H2,1-2H3,(H,22,23). The molecule has 0 bridgehead atoms. The largest absolute Gasteiger partial charge is 0.337 e. The Bertz CT molecular complexity index is 924. The summed E-state index contributed by atoms with van der Waals surface area (Å²) in [6, 6.07) is 10.3. The summed E-state index contributed by atoms with van der Waals surface area (Å²) in [5.41, 5.74) is 5.18. The maximum Gasteiger partial charge on any atom is 0.274 e. The van der Waals surface area contributed by atoms with E-state index < -0.39 is 0 Å². The van der Waals surface area contributed by atoms with E-state index in [9.17, 15) is 4.79 Å². The number of rotatable bonds is 4. The molecule has 1 N–H and O–H groups in total. The first-order valence-electron chi connectivity index (χ1n) is 9.58. The number of nitrogens with one attached hydrogen (secondary N) is 1. The number of carbonyl (C=O) groups excluding carboxylic acids is 1.